The van der Waals surface area contributed by atoms with Crippen LogP contribution >= 0.6 is 15.9 Å². The predicted octanol–water partition coefficient (Wildman–Crippen LogP) is 0.358. The van der Waals surface area contributed by atoms with Gasteiger partial charge in [-0.25, -0.2) is 8.42 Å². The third-order valence-corrected chi connectivity index (χ3v) is 6.16. The summed E-state index contributed by atoms with van der Waals surface area (Å²) in [6.07, 6.45) is 0.912. The Bertz CT molecular complexity index is 519. The lowest BCUT2D eigenvalue weighted by Crippen LogP contribution is -3.09. The van der Waals surface area contributed by atoms with Gasteiger partial charge in [0.1, 0.15) is 0 Å². The van der Waals surface area contributed by atoms with E-state index in [4.69, 9.17) is 0 Å². The molecule has 1 N–H and O–H groups in total. The lowest BCUT2D eigenvalue weighted by molar-refractivity contribution is -0.877. The first-order valence-corrected chi connectivity index (χ1v) is 8.31. The van der Waals surface area contributed by atoms with E-state index in [-0.39, 0.29) is 0 Å². The normalized spacial score (nSPS) is 22.7. The smallest absolute Gasteiger partial charge is 0.244 e. The zero-order chi connectivity index (χ0) is 13.2. The highest BCUT2D eigenvalue weighted by molar-refractivity contribution is 9.10. The van der Waals surface area contributed by atoms with Crippen LogP contribution in [0, 0.1) is 0 Å². The number of nitrogens with one attached hydrogen (secondary N) is 1. The summed E-state index contributed by atoms with van der Waals surface area (Å²) in [6, 6.07) is 7.00. The van der Waals surface area contributed by atoms with Crippen LogP contribution in [0.15, 0.2) is 33.6 Å². The van der Waals surface area contributed by atoms with Gasteiger partial charge >= 0.3 is 0 Å². The maximum Gasteiger partial charge on any atom is 0.244 e. The molecule has 0 radical (unpaired) electrons. The Morgan fingerprint density at radius 2 is 1.94 bits per heavy atom. The zero-order valence-electron chi connectivity index (χ0n) is 10.4. The van der Waals surface area contributed by atoms with E-state index in [0.29, 0.717) is 22.5 Å². The Morgan fingerprint density at radius 1 is 1.22 bits per heavy atom. The summed E-state index contributed by atoms with van der Waals surface area (Å²) in [4.78, 5) is 1.75. The number of quaternary nitrogens is 1. The molecule has 0 bridgehead atoms. The van der Waals surface area contributed by atoms with Crippen molar-refractivity contribution in [3.05, 3.63) is 28.7 Å². The molecule has 1 aromatic carbocycles. The lowest BCUT2D eigenvalue weighted by atomic mass is 10.4. The monoisotopic (exact) mass is 333 g/mol. The summed E-state index contributed by atoms with van der Waals surface area (Å²) in [5, 5.41) is 0. The van der Waals surface area contributed by atoms with E-state index in [0.717, 1.165) is 19.5 Å². The number of halogens is 1. The molecule has 0 aliphatic carbocycles. The number of hydrogen-bond donors (Lipinski definition) is 1. The molecule has 0 saturated carbocycles. The van der Waals surface area contributed by atoms with Gasteiger partial charge in [0.05, 0.1) is 31.6 Å². The number of rotatable bonds is 2. The molecule has 2 rings (SSSR count). The van der Waals surface area contributed by atoms with Gasteiger partial charge < -0.3 is 4.90 Å². The van der Waals surface area contributed by atoms with Crippen molar-refractivity contribution in [3.63, 3.8) is 0 Å². The van der Waals surface area contributed by atoms with Crippen molar-refractivity contribution in [2.24, 2.45) is 0 Å². The Morgan fingerprint density at radius 3 is 2.67 bits per heavy atom. The molecule has 1 aliphatic heterocycles. The first-order valence-electron chi connectivity index (χ1n) is 6.08. The SMILES string of the molecule is C[NH+]1CCCN(S(=O)(=O)c2ccccc2Br)CC1. The molecule has 1 unspecified atom stereocenters. The molecule has 1 atom stereocenters. The van der Waals surface area contributed by atoms with Gasteiger partial charge in [0.25, 0.3) is 0 Å². The molecule has 1 saturated heterocycles. The van der Waals surface area contributed by atoms with E-state index in [1.807, 2.05) is 6.07 Å². The van der Waals surface area contributed by atoms with Gasteiger partial charge in [-0.15, -0.1) is 0 Å². The van der Waals surface area contributed by atoms with E-state index in [9.17, 15) is 8.42 Å². The van der Waals surface area contributed by atoms with Crippen LogP contribution in [-0.4, -0.2) is 45.9 Å². The zero-order valence-corrected chi connectivity index (χ0v) is 12.8. The molecule has 0 spiro atoms. The van der Waals surface area contributed by atoms with Crippen LogP contribution in [0.1, 0.15) is 6.42 Å². The summed E-state index contributed by atoms with van der Waals surface area (Å²) in [5.74, 6) is 0. The average Bonchev–Trinajstić information content (AvgIpc) is 2.54. The summed E-state index contributed by atoms with van der Waals surface area (Å²) in [5.41, 5.74) is 0. The van der Waals surface area contributed by atoms with Crippen molar-refractivity contribution < 1.29 is 13.3 Å². The Labute approximate surface area is 117 Å². The van der Waals surface area contributed by atoms with Gasteiger partial charge in [0.15, 0.2) is 0 Å². The van der Waals surface area contributed by atoms with E-state index in [1.54, 1.807) is 22.5 Å². The Balaban J connectivity index is 2.28. The maximum atomic E-state index is 12.6. The highest BCUT2D eigenvalue weighted by Gasteiger charge is 2.28. The molecule has 0 amide bonds. The van der Waals surface area contributed by atoms with Gasteiger partial charge in [-0.05, 0) is 28.1 Å². The van der Waals surface area contributed by atoms with Crippen LogP contribution in [0.4, 0.5) is 0 Å². The van der Waals surface area contributed by atoms with E-state index in [1.165, 1.54) is 4.90 Å². The summed E-state index contributed by atoms with van der Waals surface area (Å²) in [6.45, 7) is 3.10. The molecule has 1 aromatic rings. The maximum absolute atomic E-state index is 12.6. The van der Waals surface area contributed by atoms with Crippen molar-refractivity contribution in [2.45, 2.75) is 11.3 Å². The topological polar surface area (TPSA) is 41.8 Å². The molecular weight excluding hydrogens is 316 g/mol. The fraction of sp³-hybridized carbons (Fsp3) is 0.500. The third kappa shape index (κ3) is 2.93. The average molecular weight is 334 g/mol. The molecule has 1 fully saturated rings. The predicted molar refractivity (Wildman–Crippen MR) is 74.1 cm³/mol. The molecule has 6 heteroatoms. The van der Waals surface area contributed by atoms with Crippen LogP contribution in [0.3, 0.4) is 0 Å². The summed E-state index contributed by atoms with van der Waals surface area (Å²) < 4.78 is 27.3. The van der Waals surface area contributed by atoms with Crippen molar-refractivity contribution in [1.82, 2.24) is 4.31 Å². The quantitative estimate of drug-likeness (QED) is 0.849. The fourth-order valence-corrected chi connectivity index (χ4v) is 4.59. The molecule has 18 heavy (non-hydrogen) atoms. The minimum Gasteiger partial charge on any atom is -0.336 e. The number of benzene rings is 1. The van der Waals surface area contributed by atoms with Gasteiger partial charge in [-0.2, -0.15) is 4.31 Å². The molecule has 0 aromatic heterocycles. The van der Waals surface area contributed by atoms with Crippen LogP contribution in [-0.2, 0) is 10.0 Å². The highest BCUT2D eigenvalue weighted by atomic mass is 79.9. The molecule has 1 heterocycles. The first kappa shape index (κ1) is 14.0. The summed E-state index contributed by atoms with van der Waals surface area (Å²) in [7, 11) is -1.26. The number of nitrogens with zero attached hydrogens (tertiary/aromatic N) is 1. The van der Waals surface area contributed by atoms with Gasteiger partial charge in [0.2, 0.25) is 10.0 Å². The van der Waals surface area contributed by atoms with Crippen LogP contribution in [0.25, 0.3) is 0 Å². The minimum absolute atomic E-state index is 0.365. The Hall–Kier alpha value is -0.430. The van der Waals surface area contributed by atoms with E-state index < -0.39 is 10.0 Å². The largest absolute Gasteiger partial charge is 0.336 e. The van der Waals surface area contributed by atoms with Crippen molar-refractivity contribution in [1.29, 1.82) is 0 Å². The van der Waals surface area contributed by atoms with Crippen LogP contribution < -0.4 is 4.90 Å². The number of sulfonamides is 1. The number of hydrogen-bond acceptors (Lipinski definition) is 2. The van der Waals surface area contributed by atoms with Crippen molar-refractivity contribution in [3.8, 4) is 0 Å². The molecule has 1 aliphatic rings. The van der Waals surface area contributed by atoms with E-state index >= 15 is 0 Å². The van der Waals surface area contributed by atoms with Gasteiger partial charge in [0, 0.05) is 17.4 Å². The van der Waals surface area contributed by atoms with Gasteiger partial charge in [-0.3, -0.25) is 0 Å². The molecular formula is C12H18BrN2O2S+. The standard InChI is InChI=1S/C12H17BrN2O2S/c1-14-7-4-8-15(10-9-14)18(16,17)12-6-3-2-5-11(12)13/h2-3,5-6H,4,7-10H2,1H3/p+1. The Kier molecular flexibility index (Phi) is 4.42. The van der Waals surface area contributed by atoms with Crippen molar-refractivity contribution >= 4 is 26.0 Å². The van der Waals surface area contributed by atoms with Crippen LogP contribution in [0.2, 0.25) is 0 Å². The molecule has 100 valence electrons. The second-order valence-electron chi connectivity index (χ2n) is 4.65. The lowest BCUT2D eigenvalue weighted by Gasteiger charge is -2.19. The second-order valence-corrected chi connectivity index (χ2v) is 7.41. The minimum atomic E-state index is -3.37. The highest BCUT2D eigenvalue weighted by Crippen LogP contribution is 2.24. The first-order chi connectivity index (χ1) is 8.51. The van der Waals surface area contributed by atoms with E-state index in [2.05, 4.69) is 23.0 Å². The van der Waals surface area contributed by atoms with Gasteiger partial charge in [-0.1, -0.05) is 12.1 Å². The van der Waals surface area contributed by atoms with Crippen molar-refractivity contribution in [2.75, 3.05) is 33.2 Å². The third-order valence-electron chi connectivity index (χ3n) is 3.25. The molecule has 4 nitrogen and oxygen atoms in total. The fourth-order valence-electron chi connectivity index (χ4n) is 2.14. The number of likely N-dealkylation sites (N-methyl/N-ethyl adjacent to an activating group) is 1. The van der Waals surface area contributed by atoms with Crippen LogP contribution in [0.5, 0.6) is 0 Å². The second kappa shape index (κ2) is 5.69. The summed E-state index contributed by atoms with van der Waals surface area (Å²) >= 11 is 3.32.